The summed E-state index contributed by atoms with van der Waals surface area (Å²) in [5, 5.41) is 0. The van der Waals surface area contributed by atoms with Crippen molar-refractivity contribution in [2.24, 2.45) is 4.99 Å². The molecule has 0 atom stereocenters. The molecule has 2 heterocycles. The third-order valence-electron chi connectivity index (χ3n) is 2.18. The molecule has 0 fully saturated rings. The fourth-order valence-electron chi connectivity index (χ4n) is 1.58. The van der Waals surface area contributed by atoms with Gasteiger partial charge in [0.25, 0.3) is 0 Å². The highest BCUT2D eigenvalue weighted by Crippen LogP contribution is 2.26. The van der Waals surface area contributed by atoms with Gasteiger partial charge in [-0.15, -0.1) is 0 Å². The van der Waals surface area contributed by atoms with Crippen LogP contribution in [0.5, 0.6) is 0 Å². The third-order valence-corrected chi connectivity index (χ3v) is 2.18. The highest BCUT2D eigenvalue weighted by molar-refractivity contribution is 5.73. The Bertz CT molecular complexity index is 326. The maximum Gasteiger partial charge on any atom is 0.0654 e. The molecule has 62 valence electrons. The summed E-state index contributed by atoms with van der Waals surface area (Å²) < 4.78 is 0. The van der Waals surface area contributed by atoms with Crippen LogP contribution in [0, 0.1) is 0 Å². The first-order valence-corrected chi connectivity index (χ1v) is 4.15. The zero-order chi connectivity index (χ0) is 8.60. The van der Waals surface area contributed by atoms with E-state index < -0.39 is 0 Å². The van der Waals surface area contributed by atoms with Crippen molar-refractivity contribution in [2.75, 3.05) is 0 Å². The van der Waals surface area contributed by atoms with Crippen molar-refractivity contribution in [3.63, 3.8) is 0 Å². The smallest absolute Gasteiger partial charge is 0.0654 e. The molecule has 0 aromatic carbocycles. The van der Waals surface area contributed by atoms with Gasteiger partial charge in [0.05, 0.1) is 12.2 Å². The second-order valence-electron chi connectivity index (χ2n) is 3.70. The van der Waals surface area contributed by atoms with Gasteiger partial charge in [0, 0.05) is 17.8 Å². The standard InChI is InChI=1S/C10H12N2/c1-10(2)7-11-6-8-4-3-5-12-9(8)10/h3-5,7H,6H2,1-2H3. The molecule has 0 N–H and O–H groups in total. The second-order valence-corrected chi connectivity index (χ2v) is 3.70. The molecule has 0 radical (unpaired) electrons. The van der Waals surface area contributed by atoms with E-state index in [0.717, 1.165) is 6.54 Å². The molecule has 0 spiro atoms. The van der Waals surface area contributed by atoms with Crippen LogP contribution in [0.4, 0.5) is 0 Å². The Morgan fingerprint density at radius 3 is 3.00 bits per heavy atom. The van der Waals surface area contributed by atoms with Crippen LogP contribution in [-0.4, -0.2) is 11.2 Å². The average Bonchev–Trinajstić information content (AvgIpc) is 2.04. The lowest BCUT2D eigenvalue weighted by Crippen LogP contribution is -2.25. The van der Waals surface area contributed by atoms with E-state index in [1.165, 1.54) is 11.3 Å². The van der Waals surface area contributed by atoms with Gasteiger partial charge >= 0.3 is 0 Å². The molecule has 1 aliphatic heterocycles. The molecule has 0 aliphatic carbocycles. The number of fused-ring (bicyclic) bond motifs is 1. The fourth-order valence-corrected chi connectivity index (χ4v) is 1.58. The third kappa shape index (κ3) is 1.04. The summed E-state index contributed by atoms with van der Waals surface area (Å²) in [7, 11) is 0. The first kappa shape index (κ1) is 7.47. The SMILES string of the molecule is CC1(C)C=NCc2cccnc21. The summed E-state index contributed by atoms with van der Waals surface area (Å²) in [4.78, 5) is 8.69. The molecule has 12 heavy (non-hydrogen) atoms. The van der Waals surface area contributed by atoms with E-state index in [9.17, 15) is 0 Å². The van der Waals surface area contributed by atoms with E-state index in [4.69, 9.17) is 0 Å². The molecule has 0 unspecified atom stereocenters. The molecule has 0 saturated heterocycles. The lowest BCUT2D eigenvalue weighted by atomic mass is 9.85. The van der Waals surface area contributed by atoms with Gasteiger partial charge < -0.3 is 0 Å². The molecule has 1 aromatic rings. The van der Waals surface area contributed by atoms with Gasteiger partial charge in [-0.25, -0.2) is 0 Å². The Balaban J connectivity index is 2.58. The summed E-state index contributed by atoms with van der Waals surface area (Å²) in [5.41, 5.74) is 2.43. The molecule has 1 aromatic heterocycles. The topological polar surface area (TPSA) is 25.2 Å². The second kappa shape index (κ2) is 2.41. The first-order chi connectivity index (χ1) is 5.70. The van der Waals surface area contributed by atoms with Crippen LogP contribution in [0.15, 0.2) is 23.3 Å². The van der Waals surface area contributed by atoms with E-state index in [-0.39, 0.29) is 5.41 Å². The number of nitrogens with zero attached hydrogens (tertiary/aromatic N) is 2. The maximum absolute atomic E-state index is 4.38. The van der Waals surface area contributed by atoms with Gasteiger partial charge in [0.15, 0.2) is 0 Å². The van der Waals surface area contributed by atoms with Gasteiger partial charge in [-0.2, -0.15) is 0 Å². The van der Waals surface area contributed by atoms with Crippen molar-refractivity contribution < 1.29 is 0 Å². The molecule has 0 saturated carbocycles. The van der Waals surface area contributed by atoms with Gasteiger partial charge in [-0.1, -0.05) is 6.07 Å². The molecule has 2 rings (SSSR count). The minimum atomic E-state index is 0.00877. The minimum absolute atomic E-state index is 0.00877. The highest BCUT2D eigenvalue weighted by Gasteiger charge is 2.25. The zero-order valence-corrected chi connectivity index (χ0v) is 7.41. The first-order valence-electron chi connectivity index (χ1n) is 4.15. The molecule has 0 amide bonds. The Morgan fingerprint density at radius 1 is 1.42 bits per heavy atom. The predicted molar refractivity (Wildman–Crippen MR) is 49.5 cm³/mol. The Labute approximate surface area is 72.4 Å². The number of aliphatic imine (C=N–C) groups is 1. The van der Waals surface area contributed by atoms with E-state index in [1.54, 1.807) is 0 Å². The van der Waals surface area contributed by atoms with Crippen molar-refractivity contribution in [3.05, 3.63) is 29.6 Å². The van der Waals surface area contributed by atoms with Gasteiger partial charge in [-0.05, 0) is 25.5 Å². The predicted octanol–water partition coefficient (Wildman–Crippen LogP) is 1.94. The van der Waals surface area contributed by atoms with E-state index in [2.05, 4.69) is 29.9 Å². The minimum Gasteiger partial charge on any atom is -0.292 e. The van der Waals surface area contributed by atoms with Crippen molar-refractivity contribution in [2.45, 2.75) is 25.8 Å². The lowest BCUT2D eigenvalue weighted by Gasteiger charge is -2.24. The summed E-state index contributed by atoms with van der Waals surface area (Å²) in [5.74, 6) is 0. The largest absolute Gasteiger partial charge is 0.292 e. The Hall–Kier alpha value is -1.18. The molecule has 0 bridgehead atoms. The molecular formula is C10H12N2. The average molecular weight is 160 g/mol. The van der Waals surface area contributed by atoms with Crippen LogP contribution in [0.3, 0.4) is 0 Å². The summed E-state index contributed by atoms with van der Waals surface area (Å²) in [6.07, 6.45) is 3.84. The number of hydrogen-bond donors (Lipinski definition) is 0. The highest BCUT2D eigenvalue weighted by atomic mass is 14.8. The summed E-state index contributed by atoms with van der Waals surface area (Å²) in [6.45, 7) is 5.07. The van der Waals surface area contributed by atoms with Crippen molar-refractivity contribution in [3.8, 4) is 0 Å². The monoisotopic (exact) mass is 160 g/mol. The van der Waals surface area contributed by atoms with Crippen molar-refractivity contribution in [1.29, 1.82) is 0 Å². The van der Waals surface area contributed by atoms with Gasteiger partial charge in [0.2, 0.25) is 0 Å². The Kier molecular flexibility index (Phi) is 1.50. The summed E-state index contributed by atoms with van der Waals surface area (Å²) >= 11 is 0. The quantitative estimate of drug-likeness (QED) is 0.569. The van der Waals surface area contributed by atoms with Crippen LogP contribution < -0.4 is 0 Å². The van der Waals surface area contributed by atoms with Crippen molar-refractivity contribution in [1.82, 2.24) is 4.98 Å². The summed E-state index contributed by atoms with van der Waals surface area (Å²) in [6, 6.07) is 4.07. The van der Waals surface area contributed by atoms with E-state index in [1.807, 2.05) is 18.5 Å². The van der Waals surface area contributed by atoms with Crippen LogP contribution in [0.1, 0.15) is 25.1 Å². The van der Waals surface area contributed by atoms with Gasteiger partial charge in [0.1, 0.15) is 0 Å². The fraction of sp³-hybridized carbons (Fsp3) is 0.400. The molecule has 1 aliphatic rings. The van der Waals surface area contributed by atoms with Crippen LogP contribution in [0.2, 0.25) is 0 Å². The van der Waals surface area contributed by atoms with Crippen LogP contribution >= 0.6 is 0 Å². The van der Waals surface area contributed by atoms with E-state index in [0.29, 0.717) is 0 Å². The molecule has 2 nitrogen and oxygen atoms in total. The molecule has 2 heteroatoms. The number of hydrogen-bond acceptors (Lipinski definition) is 2. The number of rotatable bonds is 0. The number of aromatic nitrogens is 1. The Morgan fingerprint density at radius 2 is 2.25 bits per heavy atom. The molecular weight excluding hydrogens is 148 g/mol. The van der Waals surface area contributed by atoms with Crippen LogP contribution in [0.25, 0.3) is 0 Å². The van der Waals surface area contributed by atoms with Crippen molar-refractivity contribution >= 4 is 6.21 Å². The number of pyridine rings is 1. The van der Waals surface area contributed by atoms with Crippen LogP contribution in [-0.2, 0) is 12.0 Å². The zero-order valence-electron chi connectivity index (χ0n) is 7.41. The lowest BCUT2D eigenvalue weighted by molar-refractivity contribution is 0.667. The normalized spacial score (nSPS) is 18.8. The van der Waals surface area contributed by atoms with E-state index >= 15 is 0 Å². The van der Waals surface area contributed by atoms with Gasteiger partial charge in [-0.3, -0.25) is 9.98 Å². The maximum atomic E-state index is 4.38.